The Morgan fingerprint density at radius 3 is 2.46 bits per heavy atom. The lowest BCUT2D eigenvalue weighted by molar-refractivity contribution is -0.149. The summed E-state index contributed by atoms with van der Waals surface area (Å²) in [4.78, 5) is 16.4. The number of hydrogen-bond donors (Lipinski definition) is 1. The molecule has 0 saturated carbocycles. The normalized spacial score (nSPS) is 12.5. The molecule has 0 fully saturated rings. The van der Waals surface area contributed by atoms with E-state index in [1.807, 2.05) is 62.4 Å². The molecule has 0 aromatic heterocycles. The van der Waals surface area contributed by atoms with Gasteiger partial charge in [0.2, 0.25) is 0 Å². The Hall–Kier alpha value is -2.86. The third-order valence-electron chi connectivity index (χ3n) is 4.02. The Labute approximate surface area is 165 Å². The number of carboxylic acids is 1. The SMILES string of the molecule is CCON=C(COc1ccc(CC(OCC)C(=O)O)cc1)c1cccc(C)c1. The molecule has 150 valence electrons. The summed E-state index contributed by atoms with van der Waals surface area (Å²) in [5, 5.41) is 13.4. The Morgan fingerprint density at radius 1 is 1.11 bits per heavy atom. The molecule has 0 amide bonds. The fourth-order valence-corrected chi connectivity index (χ4v) is 2.64. The molecule has 0 aliphatic heterocycles. The number of ether oxygens (including phenoxy) is 2. The molecule has 6 heteroatoms. The predicted octanol–water partition coefficient (Wildman–Crippen LogP) is 3.85. The topological polar surface area (TPSA) is 77.3 Å². The van der Waals surface area contributed by atoms with Crippen molar-refractivity contribution in [1.29, 1.82) is 0 Å². The summed E-state index contributed by atoms with van der Waals surface area (Å²) in [6.45, 7) is 6.78. The lowest BCUT2D eigenvalue weighted by atomic mass is 10.1. The first-order chi connectivity index (χ1) is 13.5. The first kappa shape index (κ1) is 21.4. The molecule has 2 rings (SSSR count). The highest BCUT2D eigenvalue weighted by atomic mass is 16.6. The lowest BCUT2D eigenvalue weighted by Crippen LogP contribution is -2.26. The zero-order valence-corrected chi connectivity index (χ0v) is 16.6. The smallest absolute Gasteiger partial charge is 0.333 e. The van der Waals surface area contributed by atoms with Crippen molar-refractivity contribution in [2.75, 3.05) is 19.8 Å². The van der Waals surface area contributed by atoms with Crippen molar-refractivity contribution in [2.24, 2.45) is 5.16 Å². The predicted molar refractivity (Wildman–Crippen MR) is 108 cm³/mol. The zero-order valence-electron chi connectivity index (χ0n) is 16.6. The van der Waals surface area contributed by atoms with Crippen molar-refractivity contribution in [3.8, 4) is 5.75 Å². The standard InChI is InChI=1S/C22H27NO5/c1-4-26-21(22(24)25)14-17-9-11-19(12-10-17)27-15-20(23-28-5-2)18-8-6-7-16(3)13-18/h6-13,21H,4-5,14-15H2,1-3H3,(H,24,25). The first-order valence-electron chi connectivity index (χ1n) is 9.35. The number of carbonyl (C=O) groups is 1. The molecule has 28 heavy (non-hydrogen) atoms. The highest BCUT2D eigenvalue weighted by molar-refractivity contribution is 6.01. The number of oxime groups is 1. The maximum Gasteiger partial charge on any atom is 0.333 e. The van der Waals surface area contributed by atoms with Crippen LogP contribution >= 0.6 is 0 Å². The summed E-state index contributed by atoms with van der Waals surface area (Å²) in [6.07, 6.45) is -0.535. The van der Waals surface area contributed by atoms with E-state index in [4.69, 9.17) is 14.3 Å². The van der Waals surface area contributed by atoms with Crippen LogP contribution in [0.5, 0.6) is 5.75 Å². The molecule has 0 heterocycles. The number of aryl methyl sites for hydroxylation is 1. The molecule has 1 atom stereocenters. The number of carboxylic acid groups (broad SMARTS) is 1. The van der Waals surface area contributed by atoms with Crippen molar-refractivity contribution in [3.05, 3.63) is 65.2 Å². The van der Waals surface area contributed by atoms with Gasteiger partial charge in [-0.3, -0.25) is 0 Å². The van der Waals surface area contributed by atoms with Crippen molar-refractivity contribution < 1.29 is 24.2 Å². The second-order valence-corrected chi connectivity index (χ2v) is 6.24. The van der Waals surface area contributed by atoms with Crippen LogP contribution in [0.25, 0.3) is 0 Å². The van der Waals surface area contributed by atoms with E-state index in [2.05, 4.69) is 5.16 Å². The van der Waals surface area contributed by atoms with E-state index < -0.39 is 12.1 Å². The quantitative estimate of drug-likeness (QED) is 0.470. The third kappa shape index (κ3) is 6.70. The summed E-state index contributed by atoms with van der Waals surface area (Å²) in [5.74, 6) is -0.291. The van der Waals surface area contributed by atoms with Crippen molar-refractivity contribution in [2.45, 2.75) is 33.3 Å². The van der Waals surface area contributed by atoms with Gasteiger partial charge in [-0.25, -0.2) is 4.79 Å². The van der Waals surface area contributed by atoms with Crippen LogP contribution in [-0.2, 0) is 20.8 Å². The van der Waals surface area contributed by atoms with Gasteiger partial charge in [0.25, 0.3) is 0 Å². The van der Waals surface area contributed by atoms with Crippen LogP contribution in [0.3, 0.4) is 0 Å². The molecular weight excluding hydrogens is 358 g/mol. The number of benzene rings is 2. The minimum Gasteiger partial charge on any atom is -0.487 e. The van der Waals surface area contributed by atoms with Crippen molar-refractivity contribution in [3.63, 3.8) is 0 Å². The van der Waals surface area contributed by atoms with Crippen LogP contribution in [0.2, 0.25) is 0 Å². The second kappa shape index (κ2) is 11.1. The van der Waals surface area contributed by atoms with Crippen molar-refractivity contribution >= 4 is 11.7 Å². The van der Waals surface area contributed by atoms with E-state index in [9.17, 15) is 9.90 Å². The molecule has 2 aromatic carbocycles. The van der Waals surface area contributed by atoms with Crippen LogP contribution in [0.1, 0.15) is 30.5 Å². The minimum atomic E-state index is -0.961. The molecule has 1 unspecified atom stereocenters. The summed E-state index contributed by atoms with van der Waals surface area (Å²) >= 11 is 0. The van der Waals surface area contributed by atoms with Gasteiger partial charge in [0.05, 0.1) is 0 Å². The van der Waals surface area contributed by atoms with Gasteiger partial charge in [0, 0.05) is 18.6 Å². The highest BCUT2D eigenvalue weighted by Gasteiger charge is 2.17. The Bertz CT molecular complexity index is 786. The monoisotopic (exact) mass is 385 g/mol. The molecule has 0 saturated heterocycles. The van der Waals surface area contributed by atoms with Gasteiger partial charge in [-0.1, -0.05) is 41.1 Å². The summed E-state index contributed by atoms with van der Waals surface area (Å²) in [7, 11) is 0. The molecule has 0 spiro atoms. The van der Waals surface area contributed by atoms with E-state index in [1.54, 1.807) is 6.92 Å². The summed E-state index contributed by atoms with van der Waals surface area (Å²) in [5.41, 5.74) is 3.66. The largest absolute Gasteiger partial charge is 0.487 e. The van der Waals surface area contributed by atoms with Gasteiger partial charge in [0.15, 0.2) is 6.10 Å². The first-order valence-corrected chi connectivity index (χ1v) is 9.35. The molecule has 0 aliphatic rings. The van der Waals surface area contributed by atoms with E-state index in [1.165, 1.54) is 0 Å². The molecule has 1 N–H and O–H groups in total. The number of hydrogen-bond acceptors (Lipinski definition) is 5. The van der Waals surface area contributed by atoms with Crippen LogP contribution < -0.4 is 4.74 Å². The Balaban J connectivity index is 2.02. The maximum absolute atomic E-state index is 11.2. The summed E-state index contributed by atoms with van der Waals surface area (Å²) < 4.78 is 11.1. The maximum atomic E-state index is 11.2. The van der Waals surface area contributed by atoms with E-state index in [0.717, 1.165) is 16.7 Å². The van der Waals surface area contributed by atoms with Crippen LogP contribution in [0.4, 0.5) is 0 Å². The van der Waals surface area contributed by atoms with Gasteiger partial charge in [0.1, 0.15) is 24.7 Å². The fraction of sp³-hybridized carbons (Fsp3) is 0.364. The fourth-order valence-electron chi connectivity index (χ4n) is 2.64. The highest BCUT2D eigenvalue weighted by Crippen LogP contribution is 2.16. The Morgan fingerprint density at radius 2 is 1.86 bits per heavy atom. The summed E-state index contributed by atoms with van der Waals surface area (Å²) in [6, 6.07) is 15.3. The van der Waals surface area contributed by atoms with Crippen LogP contribution in [-0.4, -0.2) is 42.7 Å². The van der Waals surface area contributed by atoms with Gasteiger partial charge in [-0.2, -0.15) is 0 Å². The number of nitrogens with zero attached hydrogens (tertiary/aromatic N) is 1. The third-order valence-corrected chi connectivity index (χ3v) is 4.02. The van der Waals surface area contributed by atoms with E-state index >= 15 is 0 Å². The zero-order chi connectivity index (χ0) is 20.4. The van der Waals surface area contributed by atoms with Crippen LogP contribution in [0.15, 0.2) is 53.7 Å². The van der Waals surface area contributed by atoms with E-state index in [-0.39, 0.29) is 6.61 Å². The van der Waals surface area contributed by atoms with Gasteiger partial charge < -0.3 is 19.4 Å². The molecule has 2 aromatic rings. The number of rotatable bonds is 11. The Kier molecular flexibility index (Phi) is 8.49. The lowest BCUT2D eigenvalue weighted by Gasteiger charge is -2.13. The average molecular weight is 385 g/mol. The van der Waals surface area contributed by atoms with Gasteiger partial charge in [-0.15, -0.1) is 0 Å². The molecule has 0 bridgehead atoms. The van der Waals surface area contributed by atoms with Gasteiger partial charge in [-0.05, 0) is 44.5 Å². The van der Waals surface area contributed by atoms with Crippen LogP contribution in [0, 0.1) is 6.92 Å². The molecule has 0 radical (unpaired) electrons. The number of aliphatic carboxylic acids is 1. The average Bonchev–Trinajstić information content (AvgIpc) is 2.68. The molecule has 6 nitrogen and oxygen atoms in total. The molecular formula is C22H27NO5. The molecule has 0 aliphatic carbocycles. The van der Waals surface area contributed by atoms with Crippen molar-refractivity contribution in [1.82, 2.24) is 0 Å². The minimum absolute atomic E-state index is 0.263. The van der Waals surface area contributed by atoms with E-state index in [0.29, 0.717) is 31.1 Å². The second-order valence-electron chi connectivity index (χ2n) is 6.24. The van der Waals surface area contributed by atoms with Gasteiger partial charge >= 0.3 is 5.97 Å².